The van der Waals surface area contributed by atoms with Crippen molar-refractivity contribution in [2.24, 2.45) is 0 Å². The summed E-state index contributed by atoms with van der Waals surface area (Å²) in [4.78, 5) is 4.68. The van der Waals surface area contributed by atoms with Crippen LogP contribution in [-0.2, 0) is 0 Å². The molecule has 2 aromatic heterocycles. The Morgan fingerprint density at radius 1 is 0.140 bits per heavy atom. The Balaban J connectivity index is 0.000000150. The number of anilines is 6. The quantitative estimate of drug-likeness (QED) is 0.107. The Labute approximate surface area is 592 Å². The van der Waals surface area contributed by atoms with Crippen LogP contribution in [0.2, 0.25) is 0 Å². The van der Waals surface area contributed by atoms with Crippen molar-refractivity contribution < 1.29 is 0 Å². The fourth-order valence-electron chi connectivity index (χ4n) is 13.9. The molecule has 0 saturated carbocycles. The van der Waals surface area contributed by atoms with Crippen LogP contribution in [0.4, 0.5) is 34.1 Å². The van der Waals surface area contributed by atoms with Gasteiger partial charge in [-0.3, -0.25) is 0 Å². The summed E-state index contributed by atoms with van der Waals surface area (Å²) in [6.45, 7) is 0. The van der Waals surface area contributed by atoms with E-state index in [0.717, 1.165) is 34.1 Å². The molecule has 18 rings (SSSR count). The molecular formula is C96H66N2S2. The van der Waals surface area contributed by atoms with Gasteiger partial charge in [0.1, 0.15) is 0 Å². The summed E-state index contributed by atoms with van der Waals surface area (Å²) >= 11 is 3.73. The van der Waals surface area contributed by atoms with Crippen molar-refractivity contribution in [3.8, 4) is 89.0 Å². The van der Waals surface area contributed by atoms with E-state index in [9.17, 15) is 0 Å². The molecule has 0 amide bonds. The molecule has 16 aromatic carbocycles. The molecule has 0 aliphatic carbocycles. The lowest BCUT2D eigenvalue weighted by Crippen LogP contribution is -2.09. The number of hydrogen-bond acceptors (Lipinski definition) is 4. The lowest BCUT2D eigenvalue weighted by Gasteiger charge is -2.26. The van der Waals surface area contributed by atoms with Gasteiger partial charge in [-0.15, -0.1) is 22.7 Å². The van der Waals surface area contributed by atoms with E-state index >= 15 is 0 Å². The molecule has 2 nitrogen and oxygen atoms in total. The summed E-state index contributed by atoms with van der Waals surface area (Å²) in [5.41, 5.74) is 26.1. The third kappa shape index (κ3) is 12.6. The third-order valence-corrected chi connectivity index (χ3v) is 21.3. The van der Waals surface area contributed by atoms with Crippen LogP contribution >= 0.6 is 22.7 Å². The van der Waals surface area contributed by atoms with Gasteiger partial charge < -0.3 is 9.80 Å². The minimum absolute atomic E-state index is 1.11. The van der Waals surface area contributed by atoms with E-state index in [4.69, 9.17) is 0 Å². The van der Waals surface area contributed by atoms with Crippen LogP contribution in [0, 0.1) is 0 Å². The number of thiophene rings is 2. The standard InChI is InChI=1S/2C48H33NS/c1-3-11-34(12-4-1)36-19-26-40(27-20-36)49(41-28-21-37(22-29-41)35-13-5-2-6-14-35)42-30-23-38(24-31-42)43-15-7-8-16-44(43)39-25-32-46-45-17-9-10-18-47(45)50-48(46)33-39;1-3-9-34(10-4-1)37-19-26-42(27-20-37)49(43-28-21-38(22-29-43)35-11-5-2-6-12-35)44-30-23-39(24-31-44)36-15-17-40(18-16-36)41-25-32-46-45-13-7-8-14-47(45)50-48(46)33-41/h2*1-33H. The molecule has 18 aromatic rings. The molecule has 0 radical (unpaired) electrons. The van der Waals surface area contributed by atoms with Crippen molar-refractivity contribution in [2.75, 3.05) is 9.80 Å². The van der Waals surface area contributed by atoms with E-state index in [2.05, 4.69) is 410 Å². The zero-order chi connectivity index (χ0) is 66.6. The highest BCUT2D eigenvalue weighted by atomic mass is 32.1. The summed E-state index contributed by atoms with van der Waals surface area (Å²) in [6.07, 6.45) is 0. The van der Waals surface area contributed by atoms with Crippen LogP contribution in [0.1, 0.15) is 0 Å². The maximum atomic E-state index is 2.35. The highest BCUT2D eigenvalue weighted by Gasteiger charge is 2.18. The molecule has 0 unspecified atom stereocenters. The summed E-state index contributed by atoms with van der Waals surface area (Å²) in [5.74, 6) is 0. The van der Waals surface area contributed by atoms with Crippen LogP contribution in [0.3, 0.4) is 0 Å². The highest BCUT2D eigenvalue weighted by molar-refractivity contribution is 7.26. The molecule has 0 aliphatic rings. The van der Waals surface area contributed by atoms with Crippen molar-refractivity contribution >= 4 is 97.1 Å². The number of rotatable bonds is 14. The van der Waals surface area contributed by atoms with E-state index in [-0.39, 0.29) is 0 Å². The van der Waals surface area contributed by atoms with Crippen LogP contribution in [0.15, 0.2) is 400 Å². The van der Waals surface area contributed by atoms with Crippen molar-refractivity contribution in [2.45, 2.75) is 0 Å². The van der Waals surface area contributed by atoms with Gasteiger partial charge in [-0.1, -0.05) is 303 Å². The number of hydrogen-bond donors (Lipinski definition) is 0. The van der Waals surface area contributed by atoms with Gasteiger partial charge in [0.2, 0.25) is 0 Å². The van der Waals surface area contributed by atoms with Crippen LogP contribution in [-0.4, -0.2) is 0 Å². The monoisotopic (exact) mass is 1310 g/mol. The van der Waals surface area contributed by atoms with Gasteiger partial charge in [-0.25, -0.2) is 0 Å². The summed E-state index contributed by atoms with van der Waals surface area (Å²) < 4.78 is 5.32. The first kappa shape index (κ1) is 61.2. The number of nitrogens with zero attached hydrogens (tertiary/aromatic N) is 2. The highest BCUT2D eigenvalue weighted by Crippen LogP contribution is 2.44. The van der Waals surface area contributed by atoms with Crippen molar-refractivity contribution in [3.05, 3.63) is 400 Å². The Bertz CT molecular complexity index is 5650. The Morgan fingerprint density at radius 2 is 0.350 bits per heavy atom. The zero-order valence-corrected chi connectivity index (χ0v) is 56.4. The average molecular weight is 1310 g/mol. The minimum Gasteiger partial charge on any atom is -0.311 e. The molecule has 0 N–H and O–H groups in total. The predicted octanol–water partition coefficient (Wildman–Crippen LogP) is 28.4. The van der Waals surface area contributed by atoms with Crippen molar-refractivity contribution in [1.82, 2.24) is 0 Å². The summed E-state index contributed by atoms with van der Waals surface area (Å²) in [6, 6.07) is 144. The number of fused-ring (bicyclic) bond motifs is 6. The van der Waals surface area contributed by atoms with Crippen molar-refractivity contribution in [3.63, 3.8) is 0 Å². The summed E-state index contributed by atoms with van der Waals surface area (Å²) in [5, 5.41) is 5.32. The first-order chi connectivity index (χ1) is 49.5. The van der Waals surface area contributed by atoms with Crippen LogP contribution in [0.5, 0.6) is 0 Å². The van der Waals surface area contributed by atoms with Gasteiger partial charge in [-0.2, -0.15) is 0 Å². The van der Waals surface area contributed by atoms with E-state index < -0.39 is 0 Å². The van der Waals surface area contributed by atoms with Gasteiger partial charge in [0, 0.05) is 74.5 Å². The van der Waals surface area contributed by atoms with Gasteiger partial charge in [-0.05, 0) is 186 Å². The second kappa shape index (κ2) is 27.6. The lowest BCUT2D eigenvalue weighted by atomic mass is 9.94. The fraction of sp³-hybridized carbons (Fsp3) is 0. The van der Waals surface area contributed by atoms with Crippen molar-refractivity contribution in [1.29, 1.82) is 0 Å². The molecule has 2 heterocycles. The lowest BCUT2D eigenvalue weighted by molar-refractivity contribution is 1.28. The smallest absolute Gasteiger partial charge is 0.0462 e. The Hall–Kier alpha value is -12.4. The van der Waals surface area contributed by atoms with Crippen LogP contribution < -0.4 is 9.80 Å². The molecule has 100 heavy (non-hydrogen) atoms. The predicted molar refractivity (Wildman–Crippen MR) is 432 cm³/mol. The van der Waals surface area contributed by atoms with E-state index in [0.29, 0.717) is 0 Å². The molecule has 0 bridgehead atoms. The molecule has 0 aliphatic heterocycles. The molecule has 0 spiro atoms. The van der Waals surface area contributed by atoms with E-state index in [1.54, 1.807) is 0 Å². The first-order valence-electron chi connectivity index (χ1n) is 34.0. The van der Waals surface area contributed by atoms with Gasteiger partial charge in [0.05, 0.1) is 0 Å². The normalized spacial score (nSPS) is 11.2. The number of benzene rings is 16. The SMILES string of the molecule is c1ccc(-c2ccc(N(c3ccc(-c4ccccc4)cc3)c3ccc(-c4ccc(-c5ccc6c(c5)sc5ccccc56)cc4)cc3)cc2)cc1.c1ccc(-c2ccc(N(c3ccc(-c4ccccc4)cc3)c3ccc(-c4ccccc4-c4ccc5c(c4)sc4ccccc45)cc3)cc2)cc1. The fourth-order valence-corrected chi connectivity index (χ4v) is 16.2. The Kier molecular flexibility index (Phi) is 16.9. The molecule has 0 fully saturated rings. The van der Waals surface area contributed by atoms with E-state index in [1.165, 1.54) is 129 Å². The molecule has 0 atom stereocenters. The minimum atomic E-state index is 1.11. The molecule has 472 valence electrons. The largest absolute Gasteiger partial charge is 0.311 e. The summed E-state index contributed by atoms with van der Waals surface area (Å²) in [7, 11) is 0. The maximum absolute atomic E-state index is 2.35. The van der Waals surface area contributed by atoms with Gasteiger partial charge in [0.25, 0.3) is 0 Å². The second-order valence-corrected chi connectivity index (χ2v) is 27.3. The molecule has 0 saturated heterocycles. The second-order valence-electron chi connectivity index (χ2n) is 25.2. The van der Waals surface area contributed by atoms with Gasteiger partial charge in [0.15, 0.2) is 0 Å². The first-order valence-corrected chi connectivity index (χ1v) is 35.6. The Morgan fingerprint density at radius 3 is 0.680 bits per heavy atom. The molecular weight excluding hydrogens is 1250 g/mol. The topological polar surface area (TPSA) is 6.48 Å². The average Bonchev–Trinajstić information content (AvgIpc) is 1.54. The maximum Gasteiger partial charge on any atom is 0.0462 e. The molecule has 4 heteroatoms. The van der Waals surface area contributed by atoms with E-state index in [1.807, 2.05) is 22.7 Å². The third-order valence-electron chi connectivity index (χ3n) is 19.0. The van der Waals surface area contributed by atoms with Crippen LogP contribution in [0.25, 0.3) is 129 Å². The van der Waals surface area contributed by atoms with Gasteiger partial charge >= 0.3 is 0 Å². The zero-order valence-electron chi connectivity index (χ0n) is 54.8.